The van der Waals surface area contributed by atoms with E-state index in [-0.39, 0.29) is 18.1 Å². The number of halogens is 1. The van der Waals surface area contributed by atoms with E-state index in [1.165, 1.54) is 25.3 Å². The van der Waals surface area contributed by atoms with Crippen LogP contribution in [0.15, 0.2) is 72.8 Å². The summed E-state index contributed by atoms with van der Waals surface area (Å²) < 4.78 is 18.6. The maximum Gasteiger partial charge on any atom is 0.255 e. The van der Waals surface area contributed by atoms with Crippen LogP contribution in [0.2, 0.25) is 0 Å². The number of ether oxygens (including phenoxy) is 1. The van der Waals surface area contributed by atoms with Gasteiger partial charge in [0.2, 0.25) is 5.91 Å². The van der Waals surface area contributed by atoms with E-state index in [1.807, 2.05) is 61.5 Å². The molecule has 0 fully saturated rings. The van der Waals surface area contributed by atoms with Crippen LogP contribution in [0.5, 0.6) is 0 Å². The first-order valence-corrected chi connectivity index (χ1v) is 10.5. The van der Waals surface area contributed by atoms with Gasteiger partial charge in [-0.1, -0.05) is 36.4 Å². The number of amides is 2. The van der Waals surface area contributed by atoms with Gasteiger partial charge in [0.25, 0.3) is 5.91 Å². The Morgan fingerprint density at radius 1 is 0.939 bits per heavy atom. The van der Waals surface area contributed by atoms with Crippen molar-refractivity contribution in [3.63, 3.8) is 0 Å². The quantitative estimate of drug-likeness (QED) is 0.529. The molecule has 0 heterocycles. The fourth-order valence-electron chi connectivity index (χ4n) is 3.52. The average molecular weight is 450 g/mol. The van der Waals surface area contributed by atoms with Crippen molar-refractivity contribution in [3.8, 4) is 0 Å². The van der Waals surface area contributed by atoms with Crippen LogP contribution in [-0.4, -0.2) is 44.5 Å². The van der Waals surface area contributed by atoms with Gasteiger partial charge in [-0.3, -0.25) is 9.59 Å². The van der Waals surface area contributed by atoms with E-state index in [1.54, 1.807) is 17.0 Å². The first kappa shape index (κ1) is 23.9. The summed E-state index contributed by atoms with van der Waals surface area (Å²) in [5.41, 5.74) is 3.57. The Morgan fingerprint density at radius 2 is 1.70 bits per heavy atom. The van der Waals surface area contributed by atoms with Crippen LogP contribution in [0, 0.1) is 5.82 Å². The highest BCUT2D eigenvalue weighted by atomic mass is 19.1. The Kier molecular flexibility index (Phi) is 8.16. The molecule has 0 saturated heterocycles. The monoisotopic (exact) mass is 449 g/mol. The van der Waals surface area contributed by atoms with E-state index >= 15 is 0 Å². The molecule has 1 N–H and O–H groups in total. The number of nitrogens with zero attached hydrogens (tertiary/aromatic N) is 2. The summed E-state index contributed by atoms with van der Waals surface area (Å²) >= 11 is 0. The minimum Gasteiger partial charge on any atom is -0.377 e. The Bertz CT molecular complexity index is 1100. The molecular formula is C26H28FN3O3. The maximum absolute atomic E-state index is 13.5. The number of anilines is 2. The van der Waals surface area contributed by atoms with E-state index in [0.717, 1.165) is 16.8 Å². The number of rotatable bonds is 9. The van der Waals surface area contributed by atoms with Gasteiger partial charge < -0.3 is 19.9 Å². The van der Waals surface area contributed by atoms with Gasteiger partial charge >= 0.3 is 0 Å². The normalized spacial score (nSPS) is 10.5. The van der Waals surface area contributed by atoms with Crippen molar-refractivity contribution >= 4 is 23.2 Å². The summed E-state index contributed by atoms with van der Waals surface area (Å²) in [7, 11) is 5.33. The van der Waals surface area contributed by atoms with Gasteiger partial charge in [0.05, 0.1) is 0 Å². The van der Waals surface area contributed by atoms with E-state index in [4.69, 9.17) is 4.74 Å². The molecule has 2 amide bonds. The molecule has 0 atom stereocenters. The Morgan fingerprint density at radius 3 is 2.36 bits per heavy atom. The lowest BCUT2D eigenvalue weighted by atomic mass is 10.1. The second-order valence-electron chi connectivity index (χ2n) is 7.87. The summed E-state index contributed by atoms with van der Waals surface area (Å²) in [6.45, 7) is 0.726. The zero-order valence-electron chi connectivity index (χ0n) is 19.0. The molecule has 0 unspecified atom stereocenters. The molecule has 0 aromatic heterocycles. The number of methoxy groups -OCH3 is 1. The van der Waals surface area contributed by atoms with Gasteiger partial charge in [0.1, 0.15) is 12.4 Å². The van der Waals surface area contributed by atoms with Crippen LogP contribution >= 0.6 is 0 Å². The predicted molar refractivity (Wildman–Crippen MR) is 128 cm³/mol. The molecule has 0 spiro atoms. The Balaban J connectivity index is 1.88. The number of hydrogen-bond donors (Lipinski definition) is 1. The zero-order valence-corrected chi connectivity index (χ0v) is 19.0. The summed E-state index contributed by atoms with van der Waals surface area (Å²) in [6.07, 6.45) is 0. The smallest absolute Gasteiger partial charge is 0.255 e. The van der Waals surface area contributed by atoms with E-state index in [0.29, 0.717) is 18.8 Å². The SMILES string of the molecule is COCC(=O)N(Cc1ccccc1)Cc1cc(NC(=O)c2cccc(F)c2)ccc1N(C)C. The molecule has 0 saturated carbocycles. The molecule has 33 heavy (non-hydrogen) atoms. The van der Waals surface area contributed by atoms with E-state index in [9.17, 15) is 14.0 Å². The van der Waals surface area contributed by atoms with Crippen molar-refractivity contribution in [2.75, 3.05) is 38.0 Å². The van der Waals surface area contributed by atoms with E-state index in [2.05, 4.69) is 5.32 Å². The van der Waals surface area contributed by atoms with Crippen molar-refractivity contribution in [2.45, 2.75) is 13.1 Å². The van der Waals surface area contributed by atoms with Crippen LogP contribution < -0.4 is 10.2 Å². The third-order valence-corrected chi connectivity index (χ3v) is 5.10. The Labute approximate surface area is 193 Å². The van der Waals surface area contributed by atoms with Crippen LogP contribution in [0.1, 0.15) is 21.5 Å². The van der Waals surface area contributed by atoms with Gasteiger partial charge in [0.15, 0.2) is 0 Å². The van der Waals surface area contributed by atoms with Crippen molar-refractivity contribution < 1.29 is 18.7 Å². The van der Waals surface area contributed by atoms with Gasteiger partial charge in [-0.15, -0.1) is 0 Å². The largest absolute Gasteiger partial charge is 0.377 e. The summed E-state index contributed by atoms with van der Waals surface area (Å²) in [5.74, 6) is -1.02. The topological polar surface area (TPSA) is 61.9 Å². The minimum atomic E-state index is -0.473. The molecule has 0 aliphatic rings. The van der Waals surface area contributed by atoms with Crippen LogP contribution in [-0.2, 0) is 22.6 Å². The molecule has 7 heteroatoms. The molecule has 0 aliphatic carbocycles. The molecular weight excluding hydrogens is 421 g/mol. The van der Waals surface area contributed by atoms with Gasteiger partial charge in [-0.25, -0.2) is 4.39 Å². The molecule has 3 aromatic rings. The molecule has 6 nitrogen and oxygen atoms in total. The minimum absolute atomic E-state index is 0.0276. The van der Waals surface area contributed by atoms with E-state index < -0.39 is 11.7 Å². The fourth-order valence-corrected chi connectivity index (χ4v) is 3.52. The lowest BCUT2D eigenvalue weighted by molar-refractivity contribution is -0.136. The maximum atomic E-state index is 13.5. The third-order valence-electron chi connectivity index (χ3n) is 5.10. The number of carbonyl (C=O) groups is 2. The van der Waals surface area contributed by atoms with Gasteiger partial charge in [0, 0.05) is 51.2 Å². The highest BCUT2D eigenvalue weighted by Gasteiger charge is 2.18. The summed E-state index contributed by atoms with van der Waals surface area (Å²) in [4.78, 5) is 29.1. The lowest BCUT2D eigenvalue weighted by Gasteiger charge is -2.26. The highest BCUT2D eigenvalue weighted by molar-refractivity contribution is 6.04. The van der Waals surface area contributed by atoms with Gasteiger partial charge in [-0.2, -0.15) is 0 Å². The van der Waals surface area contributed by atoms with Crippen LogP contribution in [0.25, 0.3) is 0 Å². The molecule has 0 aliphatic heterocycles. The zero-order chi connectivity index (χ0) is 23.8. The lowest BCUT2D eigenvalue weighted by Crippen LogP contribution is -2.33. The summed E-state index contributed by atoms with van der Waals surface area (Å²) in [5, 5.41) is 2.82. The number of hydrogen-bond acceptors (Lipinski definition) is 4. The highest BCUT2D eigenvalue weighted by Crippen LogP contribution is 2.26. The fraction of sp³-hybridized carbons (Fsp3) is 0.231. The average Bonchev–Trinajstić information content (AvgIpc) is 2.79. The molecule has 3 aromatic carbocycles. The molecule has 0 bridgehead atoms. The number of carbonyl (C=O) groups excluding carboxylic acids is 2. The second-order valence-corrected chi connectivity index (χ2v) is 7.87. The molecule has 0 radical (unpaired) electrons. The number of nitrogens with one attached hydrogen (secondary N) is 1. The Hall–Kier alpha value is -3.71. The second kappa shape index (κ2) is 11.2. The van der Waals surface area contributed by atoms with Crippen molar-refractivity contribution in [2.24, 2.45) is 0 Å². The van der Waals surface area contributed by atoms with Crippen LogP contribution in [0.3, 0.4) is 0 Å². The molecule has 3 rings (SSSR count). The first-order valence-electron chi connectivity index (χ1n) is 10.5. The molecule has 172 valence electrons. The third kappa shape index (κ3) is 6.63. The van der Waals surface area contributed by atoms with Crippen molar-refractivity contribution in [1.82, 2.24) is 4.90 Å². The predicted octanol–water partition coefficient (Wildman–Crippen LogP) is 4.32. The number of benzene rings is 3. The summed E-state index contributed by atoms with van der Waals surface area (Å²) in [6, 6.07) is 20.8. The van der Waals surface area contributed by atoms with Crippen LogP contribution in [0.4, 0.5) is 15.8 Å². The first-order chi connectivity index (χ1) is 15.9. The van der Waals surface area contributed by atoms with Crippen molar-refractivity contribution in [3.05, 3.63) is 95.3 Å². The van der Waals surface area contributed by atoms with Crippen molar-refractivity contribution in [1.29, 1.82) is 0 Å². The van der Waals surface area contributed by atoms with Gasteiger partial charge in [-0.05, 0) is 47.5 Å². The standard InChI is InChI=1S/C26H28FN3O3/c1-29(2)24-13-12-23(28-26(32)20-10-7-11-22(27)14-20)15-21(24)17-30(25(31)18-33-3)16-19-8-5-4-6-9-19/h4-15H,16-18H2,1-3H3,(H,28,32).